The topological polar surface area (TPSA) is 72.0 Å². The van der Waals surface area contributed by atoms with Crippen LogP contribution in [0.25, 0.3) is 78.1 Å². The molecule has 0 atom stereocenters. The average Bonchev–Trinajstić information content (AvgIpc) is 3.58. The predicted octanol–water partition coefficient (Wildman–Crippen LogP) is 12.4. The van der Waals surface area contributed by atoms with Crippen LogP contribution in [-0.4, -0.2) is 20.1 Å². The molecule has 0 saturated carbocycles. The van der Waals surface area contributed by atoms with E-state index in [-0.39, 0.29) is 16.6 Å². The van der Waals surface area contributed by atoms with Gasteiger partial charge in [-0.2, -0.15) is 0 Å². The van der Waals surface area contributed by atoms with Gasteiger partial charge in [0.05, 0.1) is 16.8 Å². The third kappa shape index (κ3) is 6.24. The molecule has 0 aliphatic heterocycles. The molecule has 0 bridgehead atoms. The molecule has 0 radical (unpaired) electrons. The van der Waals surface area contributed by atoms with E-state index in [9.17, 15) is 5.11 Å². The lowest BCUT2D eigenvalue weighted by Crippen LogP contribution is -2.11. The molecule has 52 heavy (non-hydrogen) atoms. The number of benzene rings is 5. The van der Waals surface area contributed by atoms with Gasteiger partial charge in [-0.15, -0.1) is 0 Å². The van der Waals surface area contributed by atoms with Crippen molar-refractivity contribution in [3.63, 3.8) is 0 Å². The molecule has 5 aromatic carbocycles. The first-order valence-corrected chi connectivity index (χ1v) is 17.7. The van der Waals surface area contributed by atoms with Gasteiger partial charge in [-0.25, -0.2) is 4.98 Å². The Hall–Kier alpha value is -6.07. The minimum Gasteiger partial charge on any atom is -0.507 e. The third-order valence-corrected chi connectivity index (χ3v) is 9.81. The number of aromatic hydroxyl groups is 1. The highest BCUT2D eigenvalue weighted by atomic mass is 16.3. The van der Waals surface area contributed by atoms with Gasteiger partial charge in [-0.1, -0.05) is 102 Å². The van der Waals surface area contributed by atoms with E-state index in [2.05, 4.69) is 114 Å². The van der Waals surface area contributed by atoms with E-state index in [1.165, 1.54) is 5.56 Å². The first-order valence-electron chi connectivity index (χ1n) is 17.7. The van der Waals surface area contributed by atoms with Gasteiger partial charge in [0.25, 0.3) is 0 Å². The van der Waals surface area contributed by atoms with Crippen LogP contribution < -0.4 is 0 Å². The van der Waals surface area contributed by atoms with Gasteiger partial charge in [0.1, 0.15) is 11.3 Å². The first-order chi connectivity index (χ1) is 24.9. The fourth-order valence-electron chi connectivity index (χ4n) is 6.81. The Balaban J connectivity index is 1.32. The van der Waals surface area contributed by atoms with Gasteiger partial charge in [0, 0.05) is 34.5 Å². The van der Waals surface area contributed by atoms with Gasteiger partial charge >= 0.3 is 0 Å². The number of hydrogen-bond donors (Lipinski definition) is 1. The van der Waals surface area contributed by atoms with Crippen LogP contribution in [0.5, 0.6) is 5.75 Å². The summed E-state index contributed by atoms with van der Waals surface area (Å²) in [4.78, 5) is 14.7. The molecule has 0 aliphatic rings. The van der Waals surface area contributed by atoms with Crippen molar-refractivity contribution < 1.29 is 9.52 Å². The van der Waals surface area contributed by atoms with E-state index >= 15 is 0 Å². The van der Waals surface area contributed by atoms with Gasteiger partial charge in [-0.05, 0) is 105 Å². The van der Waals surface area contributed by atoms with Crippen LogP contribution in [0.1, 0.15) is 52.7 Å². The van der Waals surface area contributed by atoms with Crippen molar-refractivity contribution in [3.05, 3.63) is 145 Å². The molecular weight excluding hydrogens is 639 g/mol. The van der Waals surface area contributed by atoms with Crippen molar-refractivity contribution in [3.8, 4) is 61.8 Å². The zero-order chi connectivity index (χ0) is 36.2. The summed E-state index contributed by atoms with van der Waals surface area (Å²) in [6.07, 6.45) is 3.75. The maximum Gasteiger partial charge on any atom is 0.231 e. The van der Waals surface area contributed by atoms with Crippen molar-refractivity contribution in [1.29, 1.82) is 0 Å². The second kappa shape index (κ2) is 12.6. The minimum atomic E-state index is -0.109. The maximum absolute atomic E-state index is 11.0. The van der Waals surface area contributed by atoms with Crippen molar-refractivity contribution >= 4 is 22.0 Å². The summed E-state index contributed by atoms with van der Waals surface area (Å²) in [5.41, 5.74) is 13.2. The van der Waals surface area contributed by atoms with Crippen LogP contribution in [0.3, 0.4) is 0 Å². The molecule has 5 nitrogen and oxygen atoms in total. The summed E-state index contributed by atoms with van der Waals surface area (Å²) in [5.74, 6) is 0.516. The monoisotopic (exact) mass is 679 g/mol. The summed E-state index contributed by atoms with van der Waals surface area (Å²) in [5, 5.41) is 12.0. The van der Waals surface area contributed by atoms with Gasteiger partial charge in [0.15, 0.2) is 5.58 Å². The van der Waals surface area contributed by atoms with E-state index in [1.807, 2.05) is 54.9 Å². The average molecular weight is 680 g/mol. The van der Waals surface area contributed by atoms with E-state index in [0.717, 1.165) is 66.6 Å². The fourth-order valence-corrected chi connectivity index (χ4v) is 6.81. The lowest BCUT2D eigenvalue weighted by molar-refractivity contribution is 0.473. The Morgan fingerprint density at radius 2 is 1.19 bits per heavy atom. The van der Waals surface area contributed by atoms with Crippen molar-refractivity contribution in [2.45, 2.75) is 52.4 Å². The lowest BCUT2D eigenvalue weighted by atomic mass is 9.86. The minimum absolute atomic E-state index is 0.00198. The molecule has 3 aromatic heterocycles. The highest BCUT2D eigenvalue weighted by Gasteiger charge is 2.22. The molecule has 1 N–H and O–H groups in total. The molecule has 0 amide bonds. The third-order valence-electron chi connectivity index (χ3n) is 9.81. The van der Waals surface area contributed by atoms with Crippen LogP contribution in [-0.2, 0) is 10.8 Å². The molecule has 5 heteroatoms. The molecule has 3 heterocycles. The number of pyridine rings is 2. The molecule has 0 fully saturated rings. The highest BCUT2D eigenvalue weighted by molar-refractivity contribution is 6.00. The van der Waals surface area contributed by atoms with Crippen LogP contribution in [0, 0.1) is 0 Å². The molecule has 256 valence electrons. The Morgan fingerprint density at radius 1 is 0.500 bits per heavy atom. The standard InChI is InChI=1S/C47H41N3O2/c1-46(2,3)35-17-18-41(51)39(27-35)45-50-44-38(24-33(26-42(44)52-45)29-12-8-7-9-13-29)31-15-10-14-30(22-31)37-25-34(23-32-16-11-20-49-43(32)37)40-28-36(19-21-48-40)47(4,5)6/h7-28,51H,1-6H3. The van der Waals surface area contributed by atoms with E-state index in [0.29, 0.717) is 17.0 Å². The van der Waals surface area contributed by atoms with E-state index in [4.69, 9.17) is 19.4 Å². The summed E-state index contributed by atoms with van der Waals surface area (Å²) in [6.45, 7) is 13.1. The SMILES string of the molecule is CC(C)(C)c1ccnc(-c2cc(-c3cccc(-c4cc(-c5ccccc5)cc5oc(-c6cc(C(C)(C)C)ccc6O)nc45)c3)c3ncccc3c2)c1. The smallest absolute Gasteiger partial charge is 0.231 e. The fraction of sp³-hybridized carbons (Fsp3) is 0.170. The molecule has 8 aromatic rings. The maximum atomic E-state index is 11.0. The lowest BCUT2D eigenvalue weighted by Gasteiger charge is -2.19. The molecule has 0 unspecified atom stereocenters. The number of hydrogen-bond acceptors (Lipinski definition) is 5. The number of oxazole rings is 1. The van der Waals surface area contributed by atoms with Crippen LogP contribution >= 0.6 is 0 Å². The Labute approximate surface area is 304 Å². The van der Waals surface area contributed by atoms with E-state index in [1.54, 1.807) is 6.07 Å². The summed E-state index contributed by atoms with van der Waals surface area (Å²) in [6, 6.07) is 41.5. The predicted molar refractivity (Wildman–Crippen MR) is 213 cm³/mol. The largest absolute Gasteiger partial charge is 0.507 e. The zero-order valence-corrected chi connectivity index (χ0v) is 30.4. The van der Waals surface area contributed by atoms with Crippen molar-refractivity contribution in [2.75, 3.05) is 0 Å². The number of nitrogens with zero attached hydrogens (tertiary/aromatic N) is 3. The molecule has 0 aliphatic carbocycles. The summed E-state index contributed by atoms with van der Waals surface area (Å²) in [7, 11) is 0. The first kappa shape index (κ1) is 33.1. The van der Waals surface area contributed by atoms with Gasteiger partial charge < -0.3 is 9.52 Å². The van der Waals surface area contributed by atoms with E-state index < -0.39 is 0 Å². The number of phenolic OH excluding ortho intramolecular Hbond substituents is 1. The molecule has 0 spiro atoms. The second-order valence-corrected chi connectivity index (χ2v) is 15.6. The Kier molecular flexibility index (Phi) is 8.02. The summed E-state index contributed by atoms with van der Waals surface area (Å²) >= 11 is 0. The highest BCUT2D eigenvalue weighted by Crippen LogP contribution is 2.41. The van der Waals surface area contributed by atoms with Crippen LogP contribution in [0.2, 0.25) is 0 Å². The molecule has 0 saturated heterocycles. The Morgan fingerprint density at radius 3 is 1.94 bits per heavy atom. The van der Waals surface area contributed by atoms with Crippen LogP contribution in [0.15, 0.2) is 138 Å². The summed E-state index contributed by atoms with van der Waals surface area (Å²) < 4.78 is 6.51. The number of aromatic nitrogens is 3. The van der Waals surface area contributed by atoms with Crippen molar-refractivity contribution in [1.82, 2.24) is 15.0 Å². The van der Waals surface area contributed by atoms with Crippen molar-refractivity contribution in [2.24, 2.45) is 0 Å². The number of fused-ring (bicyclic) bond motifs is 2. The van der Waals surface area contributed by atoms with Gasteiger partial charge in [0.2, 0.25) is 5.89 Å². The number of phenols is 1. The van der Waals surface area contributed by atoms with Crippen LogP contribution in [0.4, 0.5) is 0 Å². The normalized spacial score (nSPS) is 12.1. The second-order valence-electron chi connectivity index (χ2n) is 15.6. The zero-order valence-electron chi connectivity index (χ0n) is 30.4. The quantitative estimate of drug-likeness (QED) is 0.196. The van der Waals surface area contributed by atoms with Gasteiger partial charge in [-0.3, -0.25) is 9.97 Å². The molecular formula is C47H41N3O2. The molecule has 8 rings (SSSR count). The Bertz CT molecular complexity index is 2610. The number of rotatable bonds is 5.